The van der Waals surface area contributed by atoms with Crippen LogP contribution in [0.15, 0.2) is 47.6 Å². The number of nitrogens with one attached hydrogen (secondary N) is 1. The highest BCUT2D eigenvalue weighted by Gasteiger charge is 2.26. The Morgan fingerprint density at radius 1 is 1.37 bits per heavy atom. The lowest BCUT2D eigenvalue weighted by atomic mass is 10.3. The fourth-order valence-electron chi connectivity index (χ4n) is 1.68. The van der Waals surface area contributed by atoms with E-state index in [1.807, 2.05) is 0 Å². The maximum Gasteiger partial charge on any atom is 0.267 e. The molecule has 1 aromatic heterocycles. The van der Waals surface area contributed by atoms with Gasteiger partial charge in [-0.1, -0.05) is 18.2 Å². The Balaban J connectivity index is 2.44. The molecular formula is C12H15N3O3S. The summed E-state index contributed by atoms with van der Waals surface area (Å²) in [5, 5.41) is 15.6. The monoisotopic (exact) mass is 281 g/mol. The first kappa shape index (κ1) is 13.6. The zero-order valence-electron chi connectivity index (χ0n) is 10.4. The van der Waals surface area contributed by atoms with Crippen molar-refractivity contribution < 1.29 is 13.5 Å². The second kappa shape index (κ2) is 5.41. The summed E-state index contributed by atoms with van der Waals surface area (Å²) < 4.78 is 26.1. The van der Waals surface area contributed by atoms with E-state index in [4.69, 9.17) is 0 Å². The smallest absolute Gasteiger partial charge is 0.267 e. The van der Waals surface area contributed by atoms with Crippen molar-refractivity contribution in [2.24, 2.45) is 0 Å². The molecule has 0 aliphatic rings. The van der Waals surface area contributed by atoms with E-state index in [1.54, 1.807) is 37.3 Å². The van der Waals surface area contributed by atoms with Gasteiger partial charge in [-0.2, -0.15) is 5.10 Å². The van der Waals surface area contributed by atoms with Crippen LogP contribution in [0, 0.1) is 0 Å². The molecule has 102 valence electrons. The summed E-state index contributed by atoms with van der Waals surface area (Å²) >= 11 is 0. The molecule has 2 aromatic rings. The van der Waals surface area contributed by atoms with E-state index in [0.29, 0.717) is 5.69 Å². The summed E-state index contributed by atoms with van der Waals surface area (Å²) in [6.07, 6.45) is 1.78. The number of nitrogens with zero attached hydrogens (tertiary/aromatic N) is 2. The number of hydrogen-bond acceptors (Lipinski definition) is 4. The zero-order chi connectivity index (χ0) is 13.9. The molecule has 1 heterocycles. The molecule has 0 bridgehead atoms. The number of H-pyrrole nitrogens is 1. The van der Waals surface area contributed by atoms with E-state index >= 15 is 0 Å². The summed E-state index contributed by atoms with van der Waals surface area (Å²) in [5.41, 5.74) is 0.504. The van der Waals surface area contributed by atoms with E-state index in [2.05, 4.69) is 10.2 Å². The second-order valence-corrected chi connectivity index (χ2v) is 6.02. The molecule has 0 saturated carbocycles. The standard InChI is InChI=1S/C12H15N3O3S/c1-10(16)9-15(11-5-3-2-4-6-11)19(17,18)12-7-13-14-8-12/h2-8,10,16H,9H2,1H3,(H,13,14)/t10-/m0/s1. The van der Waals surface area contributed by atoms with Crippen molar-refractivity contribution in [1.82, 2.24) is 10.2 Å². The van der Waals surface area contributed by atoms with Crippen molar-refractivity contribution in [1.29, 1.82) is 0 Å². The van der Waals surface area contributed by atoms with Crippen LogP contribution in [0.3, 0.4) is 0 Å². The van der Waals surface area contributed by atoms with Gasteiger partial charge in [-0.15, -0.1) is 0 Å². The molecule has 0 aliphatic carbocycles. The van der Waals surface area contributed by atoms with Gasteiger partial charge in [-0.3, -0.25) is 9.40 Å². The summed E-state index contributed by atoms with van der Waals surface area (Å²) in [4.78, 5) is 0.0667. The highest BCUT2D eigenvalue weighted by Crippen LogP contribution is 2.22. The summed E-state index contributed by atoms with van der Waals surface area (Å²) in [6, 6.07) is 8.65. The third-order valence-electron chi connectivity index (χ3n) is 2.54. The van der Waals surface area contributed by atoms with Gasteiger partial charge in [0.2, 0.25) is 0 Å². The molecule has 0 aliphatic heterocycles. The van der Waals surface area contributed by atoms with Gasteiger partial charge >= 0.3 is 0 Å². The Morgan fingerprint density at radius 3 is 2.58 bits per heavy atom. The number of rotatable bonds is 5. The zero-order valence-corrected chi connectivity index (χ0v) is 11.2. The van der Waals surface area contributed by atoms with Crippen molar-refractivity contribution in [3.05, 3.63) is 42.7 Å². The van der Waals surface area contributed by atoms with E-state index in [9.17, 15) is 13.5 Å². The van der Waals surface area contributed by atoms with E-state index in [0.717, 1.165) is 0 Å². The van der Waals surface area contributed by atoms with Crippen molar-refractivity contribution in [3.63, 3.8) is 0 Å². The van der Waals surface area contributed by atoms with Crippen LogP contribution >= 0.6 is 0 Å². The van der Waals surface area contributed by atoms with Gasteiger partial charge in [0.1, 0.15) is 4.90 Å². The Kier molecular flexibility index (Phi) is 3.87. The summed E-state index contributed by atoms with van der Waals surface area (Å²) in [5.74, 6) is 0. The fraction of sp³-hybridized carbons (Fsp3) is 0.250. The summed E-state index contributed by atoms with van der Waals surface area (Å²) in [6.45, 7) is 1.53. The number of benzene rings is 1. The predicted octanol–water partition coefficient (Wildman–Crippen LogP) is 0.986. The minimum Gasteiger partial charge on any atom is -0.392 e. The molecule has 0 radical (unpaired) electrons. The Labute approximate surface area is 111 Å². The van der Waals surface area contributed by atoms with E-state index in [-0.39, 0.29) is 11.4 Å². The maximum atomic E-state index is 12.5. The number of sulfonamides is 1. The van der Waals surface area contributed by atoms with Crippen molar-refractivity contribution >= 4 is 15.7 Å². The largest absolute Gasteiger partial charge is 0.392 e. The van der Waals surface area contributed by atoms with E-state index < -0.39 is 16.1 Å². The van der Waals surface area contributed by atoms with Gasteiger partial charge < -0.3 is 5.11 Å². The highest BCUT2D eigenvalue weighted by molar-refractivity contribution is 7.92. The topological polar surface area (TPSA) is 86.3 Å². The lowest BCUT2D eigenvalue weighted by molar-refractivity contribution is 0.204. The van der Waals surface area contributed by atoms with Crippen molar-refractivity contribution in [3.8, 4) is 0 Å². The molecule has 0 fully saturated rings. The molecule has 19 heavy (non-hydrogen) atoms. The second-order valence-electron chi connectivity index (χ2n) is 4.15. The number of aromatic amines is 1. The van der Waals surface area contributed by atoms with Gasteiger partial charge in [-0.25, -0.2) is 8.42 Å². The van der Waals surface area contributed by atoms with Crippen LogP contribution < -0.4 is 4.31 Å². The number of aromatic nitrogens is 2. The Bertz CT molecular complexity index is 609. The Morgan fingerprint density at radius 2 is 2.05 bits per heavy atom. The van der Waals surface area contributed by atoms with Crippen LogP contribution in [0.2, 0.25) is 0 Å². The number of aliphatic hydroxyl groups is 1. The SMILES string of the molecule is C[C@H](O)CN(c1ccccc1)S(=O)(=O)c1cn[nH]c1. The van der Waals surface area contributed by atoms with Crippen LogP contribution in [-0.4, -0.2) is 36.4 Å². The van der Waals surface area contributed by atoms with E-state index in [1.165, 1.54) is 16.7 Å². The molecule has 1 aromatic carbocycles. The van der Waals surface area contributed by atoms with Gasteiger partial charge in [0.05, 0.1) is 24.5 Å². The molecular weight excluding hydrogens is 266 g/mol. The number of para-hydroxylation sites is 1. The van der Waals surface area contributed by atoms with Gasteiger partial charge in [0.15, 0.2) is 0 Å². The third-order valence-corrected chi connectivity index (χ3v) is 4.29. The highest BCUT2D eigenvalue weighted by atomic mass is 32.2. The lowest BCUT2D eigenvalue weighted by Gasteiger charge is -2.24. The van der Waals surface area contributed by atoms with Crippen LogP contribution in [-0.2, 0) is 10.0 Å². The quantitative estimate of drug-likeness (QED) is 0.855. The van der Waals surface area contributed by atoms with Crippen molar-refractivity contribution in [2.45, 2.75) is 17.9 Å². The molecule has 0 unspecified atom stereocenters. The normalized spacial score (nSPS) is 13.2. The maximum absolute atomic E-state index is 12.5. The molecule has 2 N–H and O–H groups in total. The van der Waals surface area contributed by atoms with Crippen LogP contribution in [0.25, 0.3) is 0 Å². The summed E-state index contributed by atoms with van der Waals surface area (Å²) in [7, 11) is -3.73. The molecule has 0 amide bonds. The van der Waals surface area contributed by atoms with Crippen LogP contribution in [0.4, 0.5) is 5.69 Å². The molecule has 1 atom stereocenters. The lowest BCUT2D eigenvalue weighted by Crippen LogP contribution is -2.36. The minimum atomic E-state index is -3.73. The number of hydrogen-bond donors (Lipinski definition) is 2. The molecule has 6 nitrogen and oxygen atoms in total. The Hall–Kier alpha value is -1.86. The molecule has 0 saturated heterocycles. The van der Waals surface area contributed by atoms with Crippen molar-refractivity contribution in [2.75, 3.05) is 10.8 Å². The molecule has 7 heteroatoms. The first-order chi connectivity index (χ1) is 9.01. The number of aliphatic hydroxyl groups excluding tert-OH is 1. The fourth-order valence-corrected chi connectivity index (χ4v) is 3.14. The number of anilines is 1. The van der Waals surface area contributed by atoms with Crippen LogP contribution in [0.1, 0.15) is 6.92 Å². The minimum absolute atomic E-state index is 0.0163. The van der Waals surface area contributed by atoms with Crippen LogP contribution in [0.5, 0.6) is 0 Å². The predicted molar refractivity (Wildman–Crippen MR) is 71.2 cm³/mol. The third kappa shape index (κ3) is 2.94. The molecule has 0 spiro atoms. The first-order valence-electron chi connectivity index (χ1n) is 5.76. The van der Waals surface area contributed by atoms with Gasteiger partial charge in [-0.05, 0) is 19.1 Å². The molecule has 2 rings (SSSR count). The average Bonchev–Trinajstić information content (AvgIpc) is 2.91. The van der Waals surface area contributed by atoms with Gasteiger partial charge in [0, 0.05) is 6.20 Å². The first-order valence-corrected chi connectivity index (χ1v) is 7.20. The average molecular weight is 281 g/mol. The van der Waals surface area contributed by atoms with Gasteiger partial charge in [0.25, 0.3) is 10.0 Å².